The number of benzene rings is 3. The van der Waals surface area contributed by atoms with Crippen LogP contribution in [0.25, 0.3) is 0 Å². The highest BCUT2D eigenvalue weighted by Gasteiger charge is 2.43. The molecule has 0 aliphatic carbocycles. The maximum atomic E-state index is 8.44. The quantitative estimate of drug-likeness (QED) is 0.735. The Morgan fingerprint density at radius 3 is 1.20 bits per heavy atom. The Morgan fingerprint density at radius 1 is 0.760 bits per heavy atom. The molecule has 0 heterocycles. The van der Waals surface area contributed by atoms with Gasteiger partial charge in [0.1, 0.15) is 23.2 Å². The molecule has 0 radical (unpaired) electrons. The van der Waals surface area contributed by atoms with Gasteiger partial charge in [0.15, 0.2) is 0 Å². The Labute approximate surface area is 148 Å². The van der Waals surface area contributed by atoms with Crippen molar-refractivity contribution in [3.8, 4) is 0 Å². The second kappa shape index (κ2) is 9.00. The summed E-state index contributed by atoms with van der Waals surface area (Å²) in [4.78, 5) is 8.44. The molecule has 0 unspecified atom stereocenters. The zero-order chi connectivity index (χ0) is 18.1. The van der Waals surface area contributed by atoms with E-state index >= 15 is 0 Å². The van der Waals surface area contributed by atoms with E-state index in [1.54, 1.807) is 0 Å². The normalized spacial score (nSPS) is 10.4. The Balaban J connectivity index is 0.000000511. The van der Waals surface area contributed by atoms with Crippen LogP contribution in [0.3, 0.4) is 0 Å². The predicted octanol–water partition coefficient (Wildman–Crippen LogP) is 2.89. The first-order valence-electron chi connectivity index (χ1n) is 8.06. The van der Waals surface area contributed by atoms with E-state index < -0.39 is 13.4 Å². The van der Waals surface area contributed by atoms with Crippen molar-refractivity contribution in [3.63, 3.8) is 0 Å². The van der Waals surface area contributed by atoms with Crippen LogP contribution in [-0.2, 0) is 0 Å². The average molecular weight is 352 g/mol. The summed E-state index contributed by atoms with van der Waals surface area (Å²) < 4.78 is 0. The summed E-state index contributed by atoms with van der Waals surface area (Å²) in [6.07, 6.45) is -0.939. The fraction of sp³-hybridized carbons (Fsp3) is 0.0952. The van der Waals surface area contributed by atoms with E-state index in [1.165, 1.54) is 15.9 Å². The van der Waals surface area contributed by atoms with E-state index in [0.29, 0.717) is 0 Å². The summed E-state index contributed by atoms with van der Waals surface area (Å²) in [6, 6.07) is 33.0. The van der Waals surface area contributed by atoms with E-state index in [2.05, 4.69) is 97.9 Å². The summed E-state index contributed by atoms with van der Waals surface area (Å²) >= 11 is 0. The Kier molecular flexibility index (Phi) is 6.73. The van der Waals surface area contributed by atoms with Gasteiger partial charge in [-0.1, -0.05) is 54.6 Å². The molecule has 0 spiro atoms. The molecule has 0 saturated carbocycles. The SMILES string of the molecule is CC[P+](c1ccccc1)(c1ccccc1)c1ccccc1.O=C([O-])O. The summed E-state index contributed by atoms with van der Waals surface area (Å²) in [5.74, 6) is 0. The second-order valence-electron chi connectivity index (χ2n) is 5.40. The van der Waals surface area contributed by atoms with Crippen LogP contribution >= 0.6 is 7.26 Å². The van der Waals surface area contributed by atoms with Crippen molar-refractivity contribution in [3.05, 3.63) is 91.0 Å². The van der Waals surface area contributed by atoms with E-state index in [-0.39, 0.29) is 0 Å². The largest absolute Gasteiger partial charge is 0.565 e. The molecule has 3 nitrogen and oxygen atoms in total. The van der Waals surface area contributed by atoms with Gasteiger partial charge in [0.05, 0.1) is 6.16 Å². The lowest BCUT2D eigenvalue weighted by atomic mass is 10.4. The van der Waals surface area contributed by atoms with Gasteiger partial charge in [-0.15, -0.1) is 0 Å². The zero-order valence-electron chi connectivity index (χ0n) is 14.1. The Morgan fingerprint density at radius 2 is 1.00 bits per heavy atom. The van der Waals surface area contributed by atoms with Gasteiger partial charge in [-0.2, -0.15) is 0 Å². The summed E-state index contributed by atoms with van der Waals surface area (Å²) in [5, 5.41) is 19.7. The van der Waals surface area contributed by atoms with Crippen LogP contribution in [0.1, 0.15) is 6.92 Å². The highest BCUT2D eigenvalue weighted by atomic mass is 31.2. The Hall–Kier alpha value is -2.64. The monoisotopic (exact) mass is 352 g/mol. The Bertz CT molecular complexity index is 673. The van der Waals surface area contributed by atoms with E-state index in [1.807, 2.05) is 0 Å². The third-order valence-electron chi connectivity index (χ3n) is 4.07. The van der Waals surface area contributed by atoms with Gasteiger partial charge in [-0.3, -0.25) is 0 Å². The molecule has 0 atom stereocenters. The third-order valence-corrected chi connectivity index (χ3v) is 8.55. The van der Waals surface area contributed by atoms with Crippen molar-refractivity contribution in [1.82, 2.24) is 0 Å². The molecular weight excluding hydrogens is 331 g/mol. The standard InChI is InChI=1S/C20H20P.CH2O3/c1-2-21(18-12-6-3-7-13-18,19-14-8-4-9-15-19)20-16-10-5-11-17-20;2-1(3)4/h3-17H,2H2,1H3;(H2,2,3,4)/q+1;/p-1. The van der Waals surface area contributed by atoms with Gasteiger partial charge < -0.3 is 15.0 Å². The summed E-state index contributed by atoms with van der Waals surface area (Å²) in [7, 11) is -1.53. The molecule has 1 N–H and O–H groups in total. The van der Waals surface area contributed by atoms with Crippen molar-refractivity contribution in [2.24, 2.45) is 0 Å². The molecule has 0 aromatic heterocycles. The van der Waals surface area contributed by atoms with Crippen LogP contribution in [0.4, 0.5) is 4.79 Å². The van der Waals surface area contributed by atoms with Crippen molar-refractivity contribution in [1.29, 1.82) is 0 Å². The number of hydrogen-bond donors (Lipinski definition) is 1. The van der Waals surface area contributed by atoms with E-state index in [0.717, 1.165) is 6.16 Å². The molecule has 128 valence electrons. The zero-order valence-corrected chi connectivity index (χ0v) is 15.0. The molecule has 3 aromatic rings. The smallest absolute Gasteiger partial charge is 0.249 e. The molecular formula is C21H21O3P. The topological polar surface area (TPSA) is 60.4 Å². The van der Waals surface area contributed by atoms with Crippen LogP contribution in [0, 0.1) is 0 Å². The molecule has 25 heavy (non-hydrogen) atoms. The number of hydrogen-bond acceptors (Lipinski definition) is 2. The lowest BCUT2D eigenvalue weighted by Crippen LogP contribution is -2.32. The van der Waals surface area contributed by atoms with Crippen LogP contribution in [0.15, 0.2) is 91.0 Å². The first-order valence-corrected chi connectivity index (χ1v) is 10.0. The molecule has 0 fully saturated rings. The minimum absolute atomic E-state index is 1.14. The number of carboxylic acid groups (broad SMARTS) is 2. The van der Waals surface area contributed by atoms with Crippen LogP contribution in [-0.4, -0.2) is 17.4 Å². The second-order valence-corrected chi connectivity index (χ2v) is 9.20. The van der Waals surface area contributed by atoms with Gasteiger partial charge in [-0.05, 0) is 43.3 Å². The lowest BCUT2D eigenvalue weighted by molar-refractivity contribution is -0.275. The summed E-state index contributed by atoms with van der Waals surface area (Å²) in [5.41, 5.74) is 0. The van der Waals surface area contributed by atoms with Crippen molar-refractivity contribution in [2.45, 2.75) is 6.92 Å². The fourth-order valence-corrected chi connectivity index (χ4v) is 7.08. The molecule has 0 aliphatic rings. The summed E-state index contributed by atoms with van der Waals surface area (Å²) in [6.45, 7) is 2.32. The van der Waals surface area contributed by atoms with Crippen LogP contribution in [0.5, 0.6) is 0 Å². The number of carbonyl (C=O) groups is 1. The minimum atomic E-state index is -2.08. The van der Waals surface area contributed by atoms with E-state index in [9.17, 15) is 0 Å². The predicted molar refractivity (Wildman–Crippen MR) is 104 cm³/mol. The van der Waals surface area contributed by atoms with Gasteiger partial charge in [0.2, 0.25) is 6.16 Å². The van der Waals surface area contributed by atoms with Crippen molar-refractivity contribution < 1.29 is 15.0 Å². The van der Waals surface area contributed by atoms with Crippen LogP contribution < -0.4 is 21.0 Å². The van der Waals surface area contributed by atoms with Gasteiger partial charge in [0, 0.05) is 0 Å². The molecule has 3 rings (SSSR count). The molecule has 3 aromatic carbocycles. The maximum Gasteiger partial charge on any atom is 0.249 e. The van der Waals surface area contributed by atoms with Gasteiger partial charge in [0.25, 0.3) is 0 Å². The molecule has 0 amide bonds. The highest BCUT2D eigenvalue weighted by Crippen LogP contribution is 2.54. The highest BCUT2D eigenvalue weighted by molar-refractivity contribution is 7.95. The molecule has 0 aliphatic heterocycles. The van der Waals surface area contributed by atoms with E-state index in [4.69, 9.17) is 15.0 Å². The van der Waals surface area contributed by atoms with Crippen molar-refractivity contribution >= 4 is 29.3 Å². The maximum absolute atomic E-state index is 8.44. The molecule has 4 heteroatoms. The lowest BCUT2D eigenvalue weighted by Gasteiger charge is -2.26. The van der Waals surface area contributed by atoms with Gasteiger partial charge in [-0.25, -0.2) is 0 Å². The average Bonchev–Trinajstić information content (AvgIpc) is 2.65. The third kappa shape index (κ3) is 4.46. The number of rotatable bonds is 4. The van der Waals surface area contributed by atoms with Crippen molar-refractivity contribution in [2.75, 3.05) is 6.16 Å². The first kappa shape index (κ1) is 18.7. The fourth-order valence-electron chi connectivity index (χ4n) is 3.04. The van der Waals surface area contributed by atoms with Gasteiger partial charge >= 0.3 is 0 Å². The minimum Gasteiger partial charge on any atom is -0.565 e. The molecule has 0 saturated heterocycles. The van der Waals surface area contributed by atoms with Crippen LogP contribution in [0.2, 0.25) is 0 Å². The molecule has 0 bridgehead atoms. The first-order chi connectivity index (χ1) is 12.1.